The molecule has 0 aliphatic heterocycles. The van der Waals surface area contributed by atoms with E-state index in [9.17, 15) is 17.6 Å². The molecule has 0 fully saturated rings. The molecule has 0 amide bonds. The average molecular weight is 469 g/mol. The van der Waals surface area contributed by atoms with Gasteiger partial charge in [0.05, 0.1) is 11.3 Å². The van der Waals surface area contributed by atoms with Crippen molar-refractivity contribution in [3.8, 4) is 11.3 Å². The Bertz CT molecular complexity index is 1330. The maximum Gasteiger partial charge on any atom is 0.337 e. The molecule has 0 bridgehead atoms. The summed E-state index contributed by atoms with van der Waals surface area (Å²) in [6, 6.07) is 13.9. The summed E-state index contributed by atoms with van der Waals surface area (Å²) >= 11 is 0. The van der Waals surface area contributed by atoms with Gasteiger partial charge in [-0.15, -0.1) is 0 Å². The molecular weight excluding hydrogens is 447 g/mol. The Balaban J connectivity index is 0.000000286. The van der Waals surface area contributed by atoms with Gasteiger partial charge in [-0.1, -0.05) is 12.1 Å². The lowest BCUT2D eigenvalue weighted by Gasteiger charge is -2.10. The molecule has 4 aromatic rings. The predicted octanol–water partition coefficient (Wildman–Crippen LogP) is 3.43. The Morgan fingerprint density at radius 3 is 2.30 bits per heavy atom. The van der Waals surface area contributed by atoms with Crippen LogP contribution in [0.1, 0.15) is 15.9 Å². The van der Waals surface area contributed by atoms with E-state index in [0.717, 1.165) is 9.54 Å². The summed E-state index contributed by atoms with van der Waals surface area (Å²) in [6.45, 7) is 0.469. The van der Waals surface area contributed by atoms with Gasteiger partial charge in [0.15, 0.2) is 0 Å². The van der Waals surface area contributed by atoms with Crippen molar-refractivity contribution in [2.75, 3.05) is 7.05 Å². The summed E-state index contributed by atoms with van der Waals surface area (Å²) in [5.41, 5.74) is 1.47. The second-order valence-corrected chi connectivity index (χ2v) is 8.60. The monoisotopic (exact) mass is 468 g/mol. The number of halogens is 1. The predicted molar refractivity (Wildman–Crippen MR) is 121 cm³/mol. The zero-order valence-electron chi connectivity index (χ0n) is 17.6. The molecule has 1 aromatic carbocycles. The largest absolute Gasteiger partial charge is 0.478 e. The van der Waals surface area contributed by atoms with Crippen LogP contribution in [-0.2, 0) is 16.6 Å². The SMILES string of the molecule is CNCc1cc(-c2ccccc2F)n(S(=O)(=O)c2cccnc2)c1.O=C(O)c1cccnc1. The normalized spacial score (nSPS) is 10.8. The number of hydrogen-bond acceptors (Lipinski definition) is 6. The van der Waals surface area contributed by atoms with Gasteiger partial charge in [0.1, 0.15) is 10.7 Å². The topological polar surface area (TPSA) is 114 Å². The fourth-order valence-electron chi connectivity index (χ4n) is 2.96. The zero-order valence-corrected chi connectivity index (χ0v) is 18.4. The average Bonchev–Trinajstić information content (AvgIpc) is 3.26. The molecule has 170 valence electrons. The van der Waals surface area contributed by atoms with Crippen LogP contribution < -0.4 is 5.32 Å². The molecule has 0 aliphatic carbocycles. The second kappa shape index (κ2) is 10.6. The van der Waals surface area contributed by atoms with Gasteiger partial charge in [-0.25, -0.2) is 21.6 Å². The molecule has 10 heteroatoms. The number of carbonyl (C=O) groups is 1. The molecule has 2 N–H and O–H groups in total. The number of carboxylic acid groups (broad SMARTS) is 1. The summed E-state index contributed by atoms with van der Waals surface area (Å²) in [5.74, 6) is -1.42. The van der Waals surface area contributed by atoms with E-state index in [1.54, 1.807) is 43.4 Å². The second-order valence-electron chi connectivity index (χ2n) is 6.78. The van der Waals surface area contributed by atoms with Gasteiger partial charge >= 0.3 is 5.97 Å². The molecule has 4 rings (SSSR count). The van der Waals surface area contributed by atoms with Crippen molar-refractivity contribution in [3.63, 3.8) is 0 Å². The number of nitrogens with one attached hydrogen (secondary N) is 1. The lowest BCUT2D eigenvalue weighted by atomic mass is 10.1. The van der Waals surface area contributed by atoms with Gasteiger partial charge in [0.2, 0.25) is 0 Å². The molecule has 0 unspecified atom stereocenters. The van der Waals surface area contributed by atoms with Crippen molar-refractivity contribution in [1.82, 2.24) is 19.3 Å². The van der Waals surface area contributed by atoms with Crippen LogP contribution in [0, 0.1) is 5.82 Å². The van der Waals surface area contributed by atoms with Crippen LogP contribution in [0.5, 0.6) is 0 Å². The minimum atomic E-state index is -3.87. The van der Waals surface area contributed by atoms with Gasteiger partial charge in [-0.05, 0) is 55.1 Å². The Morgan fingerprint density at radius 1 is 1.06 bits per heavy atom. The van der Waals surface area contributed by atoms with Crippen molar-refractivity contribution < 1.29 is 22.7 Å². The summed E-state index contributed by atoms with van der Waals surface area (Å²) in [6.07, 6.45) is 7.12. The third-order valence-corrected chi connectivity index (χ3v) is 6.13. The highest BCUT2D eigenvalue weighted by Crippen LogP contribution is 2.28. The van der Waals surface area contributed by atoms with Crippen LogP contribution in [0.4, 0.5) is 4.39 Å². The quantitative estimate of drug-likeness (QED) is 0.446. The van der Waals surface area contributed by atoms with Gasteiger partial charge in [0, 0.05) is 43.1 Å². The fourth-order valence-corrected chi connectivity index (χ4v) is 4.32. The van der Waals surface area contributed by atoms with Crippen LogP contribution in [0.15, 0.2) is 90.5 Å². The summed E-state index contributed by atoms with van der Waals surface area (Å²) in [4.78, 5) is 17.7. The molecule has 0 radical (unpaired) electrons. The first-order chi connectivity index (χ1) is 15.8. The first-order valence-electron chi connectivity index (χ1n) is 9.74. The summed E-state index contributed by atoms with van der Waals surface area (Å²) in [7, 11) is -2.11. The highest BCUT2D eigenvalue weighted by molar-refractivity contribution is 7.90. The Hall–Kier alpha value is -3.89. The molecule has 0 saturated heterocycles. The maximum absolute atomic E-state index is 14.2. The standard InChI is InChI=1S/C17H16FN3O2S.C6H5NO2/c1-19-10-13-9-17(15-6-2-3-7-16(15)18)21(12-13)24(22,23)14-5-4-8-20-11-14;8-6(9)5-2-1-3-7-4-5/h2-9,11-12,19H,10H2,1H3;1-4H,(H,8,9). The van der Waals surface area contributed by atoms with E-state index in [2.05, 4.69) is 15.3 Å². The van der Waals surface area contributed by atoms with Crippen LogP contribution in [-0.4, -0.2) is 40.5 Å². The van der Waals surface area contributed by atoms with Crippen LogP contribution in [0.3, 0.4) is 0 Å². The van der Waals surface area contributed by atoms with Gasteiger partial charge in [0.25, 0.3) is 10.0 Å². The number of pyridine rings is 2. The van der Waals surface area contributed by atoms with Gasteiger partial charge < -0.3 is 10.4 Å². The summed E-state index contributed by atoms with van der Waals surface area (Å²) in [5, 5.41) is 11.3. The van der Waals surface area contributed by atoms with Crippen molar-refractivity contribution in [3.05, 3.63) is 103 Å². The van der Waals surface area contributed by atoms with Crippen LogP contribution >= 0.6 is 0 Å². The van der Waals surface area contributed by atoms with Crippen molar-refractivity contribution >= 4 is 16.0 Å². The lowest BCUT2D eigenvalue weighted by Crippen LogP contribution is -2.14. The van der Waals surface area contributed by atoms with Crippen molar-refractivity contribution in [2.24, 2.45) is 0 Å². The van der Waals surface area contributed by atoms with E-state index < -0.39 is 21.8 Å². The zero-order chi connectivity index (χ0) is 23.8. The maximum atomic E-state index is 14.2. The fraction of sp³-hybridized carbons (Fsp3) is 0.0870. The number of aromatic nitrogens is 3. The van der Waals surface area contributed by atoms with Gasteiger partial charge in [-0.3, -0.25) is 9.97 Å². The van der Waals surface area contributed by atoms with E-state index >= 15 is 0 Å². The number of rotatable bonds is 6. The number of hydrogen-bond donors (Lipinski definition) is 2. The van der Waals surface area contributed by atoms with E-state index in [-0.39, 0.29) is 21.7 Å². The number of aromatic carboxylic acids is 1. The summed E-state index contributed by atoms with van der Waals surface area (Å²) < 4.78 is 41.2. The van der Waals surface area contributed by atoms with Gasteiger partial charge in [-0.2, -0.15) is 0 Å². The smallest absolute Gasteiger partial charge is 0.337 e. The third kappa shape index (κ3) is 5.68. The number of carboxylic acids is 1. The lowest BCUT2D eigenvalue weighted by molar-refractivity contribution is 0.0696. The molecule has 0 aliphatic rings. The van der Waals surface area contributed by atoms with Crippen LogP contribution in [0.25, 0.3) is 11.3 Å². The highest BCUT2D eigenvalue weighted by atomic mass is 32.2. The Kier molecular flexibility index (Phi) is 7.65. The Labute approximate surface area is 190 Å². The molecular formula is C23H21FN4O4S. The van der Waals surface area contributed by atoms with Crippen molar-refractivity contribution in [2.45, 2.75) is 11.4 Å². The first-order valence-corrected chi connectivity index (χ1v) is 11.2. The van der Waals surface area contributed by atoms with Crippen molar-refractivity contribution in [1.29, 1.82) is 0 Å². The van der Waals surface area contributed by atoms with E-state index in [4.69, 9.17) is 5.11 Å². The van der Waals surface area contributed by atoms with E-state index in [0.29, 0.717) is 6.54 Å². The highest BCUT2D eigenvalue weighted by Gasteiger charge is 2.23. The molecule has 0 saturated carbocycles. The van der Waals surface area contributed by atoms with E-state index in [1.807, 2.05) is 0 Å². The van der Waals surface area contributed by atoms with E-state index in [1.165, 1.54) is 49.2 Å². The molecule has 3 aromatic heterocycles. The molecule has 33 heavy (non-hydrogen) atoms. The first kappa shape index (κ1) is 23.8. The minimum absolute atomic E-state index is 0.0502. The molecule has 0 spiro atoms. The molecule has 0 atom stereocenters. The minimum Gasteiger partial charge on any atom is -0.478 e. The Morgan fingerprint density at radius 2 is 1.76 bits per heavy atom. The molecule has 8 nitrogen and oxygen atoms in total. The molecule has 3 heterocycles. The van der Waals surface area contributed by atoms with Crippen LogP contribution in [0.2, 0.25) is 0 Å². The third-order valence-electron chi connectivity index (χ3n) is 4.47. The number of benzene rings is 1. The number of nitrogens with zero attached hydrogens (tertiary/aromatic N) is 3.